The highest BCUT2D eigenvalue weighted by molar-refractivity contribution is 4.60. The van der Waals surface area contributed by atoms with Crippen LogP contribution < -0.4 is 0 Å². The van der Waals surface area contributed by atoms with Crippen molar-refractivity contribution >= 4 is 0 Å². The molecule has 0 saturated carbocycles. The van der Waals surface area contributed by atoms with Gasteiger partial charge in [-0.2, -0.15) is 0 Å². The number of allylic oxidation sites excluding steroid dienone is 1. The van der Waals surface area contributed by atoms with Gasteiger partial charge < -0.3 is 0 Å². The van der Waals surface area contributed by atoms with Crippen molar-refractivity contribution in [2.24, 2.45) is 5.41 Å². The summed E-state index contributed by atoms with van der Waals surface area (Å²) in [6.45, 7) is 22.3. The highest BCUT2D eigenvalue weighted by Crippen LogP contribution is 2.07. The first-order valence-electron chi connectivity index (χ1n) is 5.52. The molecule has 0 fully saturated rings. The van der Waals surface area contributed by atoms with Crippen LogP contribution in [-0.4, -0.2) is 0 Å². The maximum atomic E-state index is 3.48. The SMILES string of the molecule is C=CCC.CC.CC.CC(C)(C)C. The van der Waals surface area contributed by atoms with E-state index < -0.39 is 0 Å². The molecule has 0 heterocycles. The molecule has 0 unspecified atom stereocenters. The summed E-state index contributed by atoms with van der Waals surface area (Å²) in [7, 11) is 0. The van der Waals surface area contributed by atoms with Gasteiger partial charge in [-0.3, -0.25) is 0 Å². The Kier molecular flexibility index (Phi) is 40.0. The zero-order valence-electron chi connectivity index (χ0n) is 11.5. The van der Waals surface area contributed by atoms with Crippen molar-refractivity contribution < 1.29 is 0 Å². The minimum atomic E-state index is 0.500. The van der Waals surface area contributed by atoms with Crippen LogP contribution in [0.2, 0.25) is 0 Å². The predicted octanol–water partition coefficient (Wildman–Crippen LogP) is 5.69. The van der Waals surface area contributed by atoms with Gasteiger partial charge in [0, 0.05) is 0 Å². The molecule has 0 aromatic heterocycles. The quantitative estimate of drug-likeness (QED) is 0.464. The van der Waals surface area contributed by atoms with Gasteiger partial charge in [-0.25, -0.2) is 0 Å². The van der Waals surface area contributed by atoms with Crippen LogP contribution >= 0.6 is 0 Å². The van der Waals surface area contributed by atoms with Crippen molar-refractivity contribution in [1.82, 2.24) is 0 Å². The van der Waals surface area contributed by atoms with Crippen LogP contribution in [0.4, 0.5) is 0 Å². The topological polar surface area (TPSA) is 0 Å². The molecule has 0 aromatic rings. The Morgan fingerprint density at radius 3 is 1.00 bits per heavy atom. The third kappa shape index (κ3) is 2030. The van der Waals surface area contributed by atoms with Crippen molar-refractivity contribution in [3.05, 3.63) is 12.7 Å². The van der Waals surface area contributed by atoms with Gasteiger partial charge in [0.2, 0.25) is 0 Å². The van der Waals surface area contributed by atoms with E-state index in [-0.39, 0.29) is 0 Å². The second kappa shape index (κ2) is 22.6. The minimum absolute atomic E-state index is 0.500. The average molecular weight is 188 g/mol. The van der Waals surface area contributed by atoms with Crippen molar-refractivity contribution in [1.29, 1.82) is 0 Å². The molecule has 0 aliphatic rings. The van der Waals surface area contributed by atoms with Gasteiger partial charge >= 0.3 is 0 Å². The smallest absolute Gasteiger partial charge is 0.0382 e. The van der Waals surface area contributed by atoms with Crippen LogP contribution in [0.3, 0.4) is 0 Å². The molecule has 0 nitrogen and oxygen atoms in total. The van der Waals surface area contributed by atoms with Crippen LogP contribution in [0.5, 0.6) is 0 Å². The average Bonchev–Trinajstić information content (AvgIpc) is 2.08. The number of hydrogen-bond acceptors (Lipinski definition) is 0. The first kappa shape index (κ1) is 23.0. The van der Waals surface area contributed by atoms with E-state index in [0.29, 0.717) is 5.41 Å². The van der Waals surface area contributed by atoms with Gasteiger partial charge in [0.15, 0.2) is 0 Å². The highest BCUT2D eigenvalue weighted by atomic mass is 14.0. The summed E-state index contributed by atoms with van der Waals surface area (Å²) in [5.74, 6) is 0. The first-order valence-corrected chi connectivity index (χ1v) is 5.52. The maximum Gasteiger partial charge on any atom is -0.0382 e. The van der Waals surface area contributed by atoms with E-state index in [9.17, 15) is 0 Å². The van der Waals surface area contributed by atoms with Gasteiger partial charge in [0.25, 0.3) is 0 Å². The lowest BCUT2D eigenvalue weighted by Gasteiger charge is -2.05. The number of rotatable bonds is 1. The lowest BCUT2D eigenvalue weighted by molar-refractivity contribution is 0.469. The molecule has 0 rings (SSSR count). The van der Waals surface area contributed by atoms with Crippen molar-refractivity contribution in [2.45, 2.75) is 68.7 Å². The standard InChI is InChI=1S/C5H12.C4H8.2C2H6/c1-5(2,3)4;1-3-4-2;2*1-2/h1-4H3;3H,1,4H2,2H3;2*1-2H3. The predicted molar refractivity (Wildman–Crippen MR) is 68.3 cm³/mol. The van der Waals surface area contributed by atoms with Gasteiger partial charge in [0.05, 0.1) is 0 Å². The molecule has 0 bridgehead atoms. The van der Waals surface area contributed by atoms with Crippen LogP contribution in [0, 0.1) is 5.41 Å². The van der Waals surface area contributed by atoms with E-state index in [2.05, 4.69) is 41.2 Å². The normalized spacial score (nSPS) is 7.46. The van der Waals surface area contributed by atoms with Gasteiger partial charge in [-0.1, -0.05) is 68.4 Å². The van der Waals surface area contributed by atoms with Crippen LogP contribution in [0.15, 0.2) is 12.7 Å². The minimum Gasteiger partial charge on any atom is -0.103 e. The summed E-state index contributed by atoms with van der Waals surface area (Å²) >= 11 is 0. The van der Waals surface area contributed by atoms with Gasteiger partial charge in [-0.05, 0) is 11.8 Å². The molecular weight excluding hydrogens is 156 g/mol. The fraction of sp³-hybridized carbons (Fsp3) is 0.846. The fourth-order valence-electron chi connectivity index (χ4n) is 0. The Balaban J connectivity index is -0.0000000457. The first-order chi connectivity index (χ1) is 5.91. The Labute approximate surface area is 87.4 Å². The second-order valence-electron chi connectivity index (χ2n) is 3.70. The van der Waals surface area contributed by atoms with Gasteiger partial charge in [-0.15, -0.1) is 6.58 Å². The van der Waals surface area contributed by atoms with Crippen molar-refractivity contribution in [2.75, 3.05) is 0 Å². The van der Waals surface area contributed by atoms with E-state index in [1.54, 1.807) is 0 Å². The Morgan fingerprint density at radius 1 is 0.923 bits per heavy atom. The zero-order valence-corrected chi connectivity index (χ0v) is 11.5. The Hall–Kier alpha value is -0.260. The lowest BCUT2D eigenvalue weighted by atomic mass is 10.0. The molecule has 0 atom stereocenters. The number of hydrogen-bond donors (Lipinski definition) is 0. The largest absolute Gasteiger partial charge is 0.103 e. The summed E-state index contributed by atoms with van der Waals surface area (Å²) in [4.78, 5) is 0. The molecule has 84 valence electrons. The molecule has 0 aliphatic carbocycles. The molecular formula is C13H32. The fourth-order valence-corrected chi connectivity index (χ4v) is 0. The van der Waals surface area contributed by atoms with E-state index >= 15 is 0 Å². The molecule has 0 amide bonds. The molecule has 0 radical (unpaired) electrons. The summed E-state index contributed by atoms with van der Waals surface area (Å²) in [6, 6.07) is 0. The van der Waals surface area contributed by atoms with Crippen LogP contribution in [0.25, 0.3) is 0 Å². The van der Waals surface area contributed by atoms with E-state index in [1.165, 1.54) is 0 Å². The summed E-state index contributed by atoms with van der Waals surface area (Å²) in [6.07, 6.45) is 2.96. The molecule has 0 spiro atoms. The monoisotopic (exact) mass is 188 g/mol. The Bertz CT molecular complexity index is 48.9. The summed E-state index contributed by atoms with van der Waals surface area (Å²) in [5.41, 5.74) is 0.500. The lowest BCUT2D eigenvalue weighted by Crippen LogP contribution is -1.93. The Morgan fingerprint density at radius 2 is 1.00 bits per heavy atom. The maximum absolute atomic E-state index is 3.48. The zero-order chi connectivity index (χ0) is 11.9. The molecule has 0 aliphatic heterocycles. The van der Waals surface area contributed by atoms with Crippen molar-refractivity contribution in [3.63, 3.8) is 0 Å². The summed E-state index contributed by atoms with van der Waals surface area (Å²) in [5, 5.41) is 0. The highest BCUT2D eigenvalue weighted by Gasteiger charge is 1.95. The molecule has 0 N–H and O–H groups in total. The second-order valence-corrected chi connectivity index (χ2v) is 3.70. The van der Waals surface area contributed by atoms with E-state index in [1.807, 2.05) is 33.8 Å². The molecule has 0 heteroatoms. The third-order valence-electron chi connectivity index (χ3n) is 0.289. The van der Waals surface area contributed by atoms with Crippen LogP contribution in [0.1, 0.15) is 68.7 Å². The van der Waals surface area contributed by atoms with E-state index in [4.69, 9.17) is 0 Å². The molecule has 0 saturated heterocycles. The molecule has 13 heavy (non-hydrogen) atoms. The summed E-state index contributed by atoms with van der Waals surface area (Å²) < 4.78 is 0. The van der Waals surface area contributed by atoms with Crippen LogP contribution in [-0.2, 0) is 0 Å². The van der Waals surface area contributed by atoms with Crippen molar-refractivity contribution in [3.8, 4) is 0 Å². The van der Waals surface area contributed by atoms with Gasteiger partial charge in [0.1, 0.15) is 0 Å². The third-order valence-corrected chi connectivity index (χ3v) is 0.289. The van der Waals surface area contributed by atoms with E-state index in [0.717, 1.165) is 6.42 Å². The molecule has 0 aromatic carbocycles.